The molecule has 0 unspecified atom stereocenters. The second-order valence-corrected chi connectivity index (χ2v) is 7.44. The van der Waals surface area contributed by atoms with E-state index in [2.05, 4.69) is 20.1 Å². The number of ether oxygens (including phenoxy) is 2. The molecule has 146 valence electrons. The van der Waals surface area contributed by atoms with Crippen molar-refractivity contribution < 1.29 is 14.3 Å². The Hall–Kier alpha value is -3.53. The maximum Gasteiger partial charge on any atom is 0.278 e. The molecule has 4 heterocycles. The molecule has 0 N–H and O–H groups in total. The predicted octanol–water partition coefficient (Wildman–Crippen LogP) is 2.58. The summed E-state index contributed by atoms with van der Waals surface area (Å²) in [5.74, 6) is 1.67. The van der Waals surface area contributed by atoms with E-state index in [0.717, 1.165) is 5.69 Å². The number of aromatic nitrogens is 5. The molecule has 1 aromatic carbocycles. The van der Waals surface area contributed by atoms with E-state index in [4.69, 9.17) is 9.47 Å². The second-order valence-electron chi connectivity index (χ2n) is 6.58. The Morgan fingerprint density at radius 1 is 1.21 bits per heavy atom. The van der Waals surface area contributed by atoms with Gasteiger partial charge in [0.05, 0.1) is 13.1 Å². The maximum atomic E-state index is 12.7. The summed E-state index contributed by atoms with van der Waals surface area (Å²) in [6, 6.07) is 8.86. The Morgan fingerprint density at radius 3 is 2.79 bits per heavy atom. The summed E-state index contributed by atoms with van der Waals surface area (Å²) >= 11 is 1.41. The molecule has 3 aromatic heterocycles. The minimum atomic E-state index is -0.0966. The average molecular weight is 408 g/mol. The quantitative estimate of drug-likeness (QED) is 0.501. The Bertz CT molecular complexity index is 1150. The van der Waals surface area contributed by atoms with E-state index in [1.54, 1.807) is 39.9 Å². The number of hydrogen-bond donors (Lipinski definition) is 0. The van der Waals surface area contributed by atoms with Crippen molar-refractivity contribution in [3.05, 3.63) is 59.5 Å². The van der Waals surface area contributed by atoms with Gasteiger partial charge in [-0.3, -0.25) is 4.79 Å². The molecule has 4 aromatic rings. The van der Waals surface area contributed by atoms with E-state index in [-0.39, 0.29) is 12.0 Å². The van der Waals surface area contributed by atoms with Crippen molar-refractivity contribution in [1.29, 1.82) is 0 Å². The molecule has 1 aliphatic rings. The van der Waals surface area contributed by atoms with Crippen molar-refractivity contribution in [2.45, 2.75) is 13.0 Å². The first-order valence-corrected chi connectivity index (χ1v) is 9.84. The largest absolute Gasteiger partial charge is 0.470 e. The van der Waals surface area contributed by atoms with Crippen LogP contribution in [0.1, 0.15) is 16.1 Å². The lowest BCUT2D eigenvalue weighted by atomic mass is 10.1. The fraction of sp³-hybridized carbons (Fsp3) is 0.211. The molecule has 0 atom stereocenters. The van der Waals surface area contributed by atoms with Crippen molar-refractivity contribution in [2.75, 3.05) is 13.1 Å². The highest BCUT2D eigenvalue weighted by Crippen LogP contribution is 2.25. The lowest BCUT2D eigenvalue weighted by Gasteiger charge is -2.38. The van der Waals surface area contributed by atoms with Crippen LogP contribution in [0.3, 0.4) is 0 Å². The van der Waals surface area contributed by atoms with E-state index >= 15 is 0 Å². The first kappa shape index (κ1) is 17.6. The van der Waals surface area contributed by atoms with E-state index in [0.29, 0.717) is 41.3 Å². The van der Waals surface area contributed by atoms with Gasteiger partial charge in [-0.2, -0.15) is 14.6 Å². The van der Waals surface area contributed by atoms with Crippen LogP contribution in [-0.2, 0) is 0 Å². The zero-order valence-electron chi connectivity index (χ0n) is 15.4. The number of hydrogen-bond acceptors (Lipinski definition) is 8. The van der Waals surface area contributed by atoms with Crippen molar-refractivity contribution in [3.8, 4) is 16.8 Å². The van der Waals surface area contributed by atoms with Gasteiger partial charge in [-0.25, -0.2) is 9.97 Å². The third kappa shape index (κ3) is 3.49. The zero-order valence-corrected chi connectivity index (χ0v) is 16.2. The van der Waals surface area contributed by atoms with E-state index < -0.39 is 0 Å². The van der Waals surface area contributed by atoms with Crippen LogP contribution in [0.15, 0.2) is 48.2 Å². The van der Waals surface area contributed by atoms with Crippen molar-refractivity contribution >= 4 is 23.0 Å². The third-order valence-electron chi connectivity index (χ3n) is 4.49. The molecule has 0 bridgehead atoms. The van der Waals surface area contributed by atoms with Crippen LogP contribution < -0.4 is 9.47 Å². The summed E-state index contributed by atoms with van der Waals surface area (Å²) < 4.78 is 13.2. The standard InChI is InChI=1S/C19H16N6O3S/c1-12-8-16(25-18(23-12)21-11-22-25)27-15-9-24(10-15)17(26)13-2-4-14(5-3-13)28-19-20-6-7-29-19/h2-8,11,15H,9-10H2,1H3. The van der Waals surface area contributed by atoms with Crippen LogP contribution >= 0.6 is 11.3 Å². The molecule has 1 saturated heterocycles. The van der Waals surface area contributed by atoms with Crippen LogP contribution in [0.4, 0.5) is 0 Å². The first-order chi connectivity index (χ1) is 14.2. The van der Waals surface area contributed by atoms with Gasteiger partial charge >= 0.3 is 0 Å². The number of nitrogens with zero attached hydrogens (tertiary/aromatic N) is 6. The van der Waals surface area contributed by atoms with E-state index in [9.17, 15) is 4.79 Å². The smallest absolute Gasteiger partial charge is 0.278 e. The second kappa shape index (κ2) is 7.13. The van der Waals surface area contributed by atoms with Crippen molar-refractivity contribution in [3.63, 3.8) is 0 Å². The van der Waals surface area contributed by atoms with E-state index in [1.807, 2.05) is 18.4 Å². The number of thiazole rings is 1. The summed E-state index contributed by atoms with van der Waals surface area (Å²) in [4.78, 5) is 26.9. The summed E-state index contributed by atoms with van der Waals surface area (Å²) in [5, 5.41) is 6.54. The molecule has 10 heteroatoms. The Morgan fingerprint density at radius 2 is 2.03 bits per heavy atom. The average Bonchev–Trinajstić information content (AvgIpc) is 3.36. The fourth-order valence-corrected chi connectivity index (χ4v) is 3.54. The monoisotopic (exact) mass is 408 g/mol. The number of carbonyl (C=O) groups excluding carboxylic acids is 1. The number of amides is 1. The SMILES string of the molecule is Cc1cc(OC2CN(C(=O)c3ccc(Oc4nccs4)cc3)C2)n2ncnc2n1. The Kier molecular flexibility index (Phi) is 4.32. The van der Waals surface area contributed by atoms with Crippen LogP contribution in [0.2, 0.25) is 0 Å². The summed E-state index contributed by atoms with van der Waals surface area (Å²) in [6.07, 6.45) is 3.02. The summed E-state index contributed by atoms with van der Waals surface area (Å²) in [5.41, 5.74) is 1.40. The summed E-state index contributed by atoms with van der Waals surface area (Å²) in [6.45, 7) is 2.89. The normalized spacial score (nSPS) is 14.0. The number of carbonyl (C=O) groups is 1. The molecular formula is C19H16N6O3S. The molecule has 29 heavy (non-hydrogen) atoms. The van der Waals surface area contributed by atoms with Gasteiger partial charge in [-0.05, 0) is 31.2 Å². The molecule has 1 fully saturated rings. The van der Waals surface area contributed by atoms with Gasteiger partial charge in [0.2, 0.25) is 5.88 Å². The minimum Gasteiger partial charge on any atom is -0.470 e. The van der Waals surface area contributed by atoms with Crippen LogP contribution in [0, 0.1) is 6.92 Å². The molecule has 1 aliphatic heterocycles. The first-order valence-electron chi connectivity index (χ1n) is 8.96. The van der Waals surface area contributed by atoms with Gasteiger partial charge in [0.15, 0.2) is 0 Å². The number of rotatable bonds is 5. The highest BCUT2D eigenvalue weighted by atomic mass is 32.1. The fourth-order valence-electron chi connectivity index (χ4n) is 3.04. The van der Waals surface area contributed by atoms with Crippen LogP contribution in [-0.4, -0.2) is 54.6 Å². The topological polar surface area (TPSA) is 94.7 Å². The van der Waals surface area contributed by atoms with Gasteiger partial charge < -0.3 is 14.4 Å². The van der Waals surface area contributed by atoms with Gasteiger partial charge in [0.25, 0.3) is 16.9 Å². The van der Waals surface area contributed by atoms with Gasteiger partial charge in [-0.15, -0.1) is 0 Å². The van der Waals surface area contributed by atoms with Gasteiger partial charge in [0.1, 0.15) is 18.2 Å². The maximum absolute atomic E-state index is 12.7. The van der Waals surface area contributed by atoms with Crippen molar-refractivity contribution in [2.24, 2.45) is 0 Å². The van der Waals surface area contributed by atoms with Crippen molar-refractivity contribution in [1.82, 2.24) is 29.5 Å². The molecule has 0 radical (unpaired) electrons. The van der Waals surface area contributed by atoms with Gasteiger partial charge in [-0.1, -0.05) is 11.3 Å². The van der Waals surface area contributed by atoms with Gasteiger partial charge in [0, 0.05) is 28.9 Å². The highest BCUT2D eigenvalue weighted by molar-refractivity contribution is 7.11. The molecule has 9 nitrogen and oxygen atoms in total. The molecule has 1 amide bonds. The number of aryl methyl sites for hydroxylation is 1. The molecule has 5 rings (SSSR count). The third-order valence-corrected chi connectivity index (χ3v) is 5.13. The molecular weight excluding hydrogens is 392 g/mol. The highest BCUT2D eigenvalue weighted by Gasteiger charge is 2.33. The lowest BCUT2D eigenvalue weighted by Crippen LogP contribution is -2.56. The number of benzene rings is 1. The van der Waals surface area contributed by atoms with Crippen LogP contribution in [0.25, 0.3) is 5.78 Å². The zero-order chi connectivity index (χ0) is 19.8. The Labute approximate surface area is 169 Å². The Balaban J connectivity index is 1.20. The lowest BCUT2D eigenvalue weighted by molar-refractivity contribution is 0.0150. The summed E-state index contributed by atoms with van der Waals surface area (Å²) in [7, 11) is 0. The predicted molar refractivity (Wildman–Crippen MR) is 104 cm³/mol. The molecule has 0 aliphatic carbocycles. The number of likely N-dealkylation sites (tertiary alicyclic amines) is 1. The number of fused-ring (bicyclic) bond motifs is 1. The molecule has 0 spiro atoms. The van der Waals surface area contributed by atoms with Crippen LogP contribution in [0.5, 0.6) is 16.8 Å². The minimum absolute atomic E-state index is 0.0394. The van der Waals surface area contributed by atoms with E-state index in [1.165, 1.54) is 17.7 Å². The molecule has 0 saturated carbocycles.